The number of non-ortho nitro benzene ring substituents is 1. The zero-order chi connectivity index (χ0) is 23.6. The number of unbranched alkanes of at least 4 members (excludes halogenated alkanes) is 11. The standard InChI is InChI=1S/C28H40N2O3/c1-2-3-4-5-6-7-8-9-10-11-12-13-22-29-23-25-16-20-28(21-17-25)33-24-26-14-18-27(19-15-26)30(31)32/h14-21,23H,2-13,22,24H2,1H3/b29-23+. The van der Waals surface area contributed by atoms with E-state index in [9.17, 15) is 10.1 Å². The molecule has 0 saturated heterocycles. The van der Waals surface area contributed by atoms with Gasteiger partial charge in [0.15, 0.2) is 0 Å². The van der Waals surface area contributed by atoms with Gasteiger partial charge in [-0.15, -0.1) is 0 Å². The van der Waals surface area contributed by atoms with E-state index in [-0.39, 0.29) is 5.69 Å². The maximum absolute atomic E-state index is 10.7. The number of nitro benzene ring substituents is 1. The molecule has 33 heavy (non-hydrogen) atoms. The Morgan fingerprint density at radius 1 is 0.788 bits per heavy atom. The summed E-state index contributed by atoms with van der Waals surface area (Å²) in [5, 5.41) is 10.7. The van der Waals surface area contributed by atoms with Gasteiger partial charge in [-0.2, -0.15) is 0 Å². The highest BCUT2D eigenvalue weighted by atomic mass is 16.6. The average Bonchev–Trinajstić information content (AvgIpc) is 2.84. The van der Waals surface area contributed by atoms with Crippen molar-refractivity contribution in [2.45, 2.75) is 90.6 Å². The van der Waals surface area contributed by atoms with Crippen molar-refractivity contribution in [3.05, 3.63) is 69.8 Å². The molecule has 0 unspecified atom stereocenters. The summed E-state index contributed by atoms with van der Waals surface area (Å²) in [7, 11) is 0. The molecule has 5 heteroatoms. The molecular formula is C28H40N2O3. The van der Waals surface area contributed by atoms with E-state index in [1.165, 1.54) is 82.8 Å². The van der Waals surface area contributed by atoms with Crippen LogP contribution in [0.5, 0.6) is 5.75 Å². The lowest BCUT2D eigenvalue weighted by molar-refractivity contribution is -0.384. The molecule has 5 nitrogen and oxygen atoms in total. The minimum Gasteiger partial charge on any atom is -0.489 e. The number of rotatable bonds is 18. The first-order valence-electron chi connectivity index (χ1n) is 12.6. The summed E-state index contributed by atoms with van der Waals surface area (Å²) in [6, 6.07) is 14.3. The van der Waals surface area contributed by atoms with E-state index in [1.807, 2.05) is 30.5 Å². The predicted molar refractivity (Wildman–Crippen MR) is 137 cm³/mol. The third-order valence-electron chi connectivity index (χ3n) is 5.81. The van der Waals surface area contributed by atoms with Gasteiger partial charge in [0, 0.05) is 24.9 Å². The maximum atomic E-state index is 10.7. The van der Waals surface area contributed by atoms with Gasteiger partial charge in [-0.05, 0) is 53.9 Å². The Balaban J connectivity index is 1.50. The lowest BCUT2D eigenvalue weighted by atomic mass is 10.1. The topological polar surface area (TPSA) is 64.7 Å². The van der Waals surface area contributed by atoms with Crippen LogP contribution in [0.2, 0.25) is 0 Å². The van der Waals surface area contributed by atoms with Crippen molar-refractivity contribution in [2.75, 3.05) is 6.54 Å². The van der Waals surface area contributed by atoms with Crippen LogP contribution in [0.4, 0.5) is 5.69 Å². The van der Waals surface area contributed by atoms with Crippen LogP contribution in [0.25, 0.3) is 0 Å². The van der Waals surface area contributed by atoms with Gasteiger partial charge in [0.2, 0.25) is 0 Å². The molecule has 2 aromatic carbocycles. The van der Waals surface area contributed by atoms with Gasteiger partial charge in [0.25, 0.3) is 5.69 Å². The first-order valence-corrected chi connectivity index (χ1v) is 12.6. The van der Waals surface area contributed by atoms with E-state index in [0.29, 0.717) is 6.61 Å². The number of hydrogen-bond donors (Lipinski definition) is 0. The van der Waals surface area contributed by atoms with Gasteiger partial charge >= 0.3 is 0 Å². The summed E-state index contributed by atoms with van der Waals surface area (Å²) in [6.07, 6.45) is 18.2. The van der Waals surface area contributed by atoms with Crippen LogP contribution < -0.4 is 4.74 Å². The molecule has 0 aliphatic heterocycles. The Morgan fingerprint density at radius 2 is 1.33 bits per heavy atom. The molecular weight excluding hydrogens is 412 g/mol. The van der Waals surface area contributed by atoms with Gasteiger partial charge in [0.1, 0.15) is 12.4 Å². The molecule has 0 N–H and O–H groups in total. The van der Waals surface area contributed by atoms with Crippen LogP contribution in [0.3, 0.4) is 0 Å². The molecule has 2 rings (SSSR count). The quantitative estimate of drug-likeness (QED) is 0.0988. The van der Waals surface area contributed by atoms with E-state index < -0.39 is 4.92 Å². The highest BCUT2D eigenvalue weighted by Crippen LogP contribution is 2.16. The van der Waals surface area contributed by atoms with Crippen molar-refractivity contribution in [3.63, 3.8) is 0 Å². The van der Waals surface area contributed by atoms with Crippen LogP contribution in [0.15, 0.2) is 53.5 Å². The van der Waals surface area contributed by atoms with Gasteiger partial charge < -0.3 is 4.74 Å². The third kappa shape index (κ3) is 12.2. The molecule has 2 aromatic rings. The van der Waals surface area contributed by atoms with Gasteiger partial charge in [0.05, 0.1) is 4.92 Å². The average molecular weight is 453 g/mol. The van der Waals surface area contributed by atoms with Crippen molar-refractivity contribution in [1.82, 2.24) is 0 Å². The number of ether oxygens (including phenoxy) is 1. The van der Waals surface area contributed by atoms with E-state index in [0.717, 1.165) is 29.8 Å². The summed E-state index contributed by atoms with van der Waals surface area (Å²) >= 11 is 0. The molecule has 0 bridgehead atoms. The largest absolute Gasteiger partial charge is 0.489 e. The minimum absolute atomic E-state index is 0.0888. The van der Waals surface area contributed by atoms with Crippen LogP contribution >= 0.6 is 0 Å². The number of aliphatic imine (C=N–C) groups is 1. The summed E-state index contributed by atoms with van der Waals surface area (Å²) in [5.41, 5.74) is 2.05. The molecule has 0 atom stereocenters. The van der Waals surface area contributed by atoms with Crippen LogP contribution in [-0.4, -0.2) is 17.7 Å². The Kier molecular flexibility index (Phi) is 13.6. The first kappa shape index (κ1) is 26.6. The molecule has 0 amide bonds. The molecule has 0 saturated carbocycles. The fourth-order valence-corrected chi connectivity index (χ4v) is 3.74. The fourth-order valence-electron chi connectivity index (χ4n) is 3.74. The maximum Gasteiger partial charge on any atom is 0.269 e. The molecule has 0 aliphatic carbocycles. The number of hydrogen-bond acceptors (Lipinski definition) is 4. The molecule has 0 heterocycles. The van der Waals surface area contributed by atoms with Crippen LogP contribution in [0, 0.1) is 10.1 Å². The third-order valence-corrected chi connectivity index (χ3v) is 5.81. The number of benzene rings is 2. The monoisotopic (exact) mass is 452 g/mol. The van der Waals surface area contributed by atoms with Gasteiger partial charge in [-0.3, -0.25) is 15.1 Å². The highest BCUT2D eigenvalue weighted by molar-refractivity contribution is 5.79. The molecule has 180 valence electrons. The second-order valence-electron chi connectivity index (χ2n) is 8.71. The highest BCUT2D eigenvalue weighted by Gasteiger charge is 2.04. The number of nitrogens with zero attached hydrogens (tertiary/aromatic N) is 2. The summed E-state index contributed by atoms with van der Waals surface area (Å²) < 4.78 is 5.76. The SMILES string of the molecule is CCCCCCCCCCCCCC/N=C/c1ccc(OCc2ccc([N+](=O)[O-])cc2)cc1. The van der Waals surface area contributed by atoms with Crippen LogP contribution in [-0.2, 0) is 6.61 Å². The minimum atomic E-state index is -0.400. The molecule has 0 aliphatic rings. The zero-order valence-corrected chi connectivity index (χ0v) is 20.2. The van der Waals surface area contributed by atoms with E-state index in [2.05, 4.69) is 11.9 Å². The van der Waals surface area contributed by atoms with E-state index in [1.54, 1.807) is 12.1 Å². The second-order valence-corrected chi connectivity index (χ2v) is 8.71. The predicted octanol–water partition coefficient (Wildman–Crippen LogP) is 8.29. The van der Waals surface area contributed by atoms with Crippen molar-refractivity contribution in [1.29, 1.82) is 0 Å². The van der Waals surface area contributed by atoms with Crippen molar-refractivity contribution >= 4 is 11.9 Å². The Morgan fingerprint density at radius 3 is 1.88 bits per heavy atom. The normalized spacial score (nSPS) is 11.2. The summed E-state index contributed by atoms with van der Waals surface area (Å²) in [5.74, 6) is 0.770. The molecule has 0 fully saturated rings. The second kappa shape index (κ2) is 16.9. The Bertz CT molecular complexity index is 801. The van der Waals surface area contributed by atoms with Crippen molar-refractivity contribution < 1.29 is 9.66 Å². The molecule has 0 spiro atoms. The zero-order valence-electron chi connectivity index (χ0n) is 20.2. The summed E-state index contributed by atoms with van der Waals surface area (Å²) in [6.45, 7) is 3.54. The van der Waals surface area contributed by atoms with Crippen molar-refractivity contribution in [2.24, 2.45) is 4.99 Å². The first-order chi connectivity index (χ1) is 16.2. The van der Waals surface area contributed by atoms with Crippen molar-refractivity contribution in [3.8, 4) is 5.75 Å². The lowest BCUT2D eigenvalue weighted by Gasteiger charge is -2.06. The fraction of sp³-hybridized carbons (Fsp3) is 0.536. The number of nitro groups is 1. The smallest absolute Gasteiger partial charge is 0.269 e. The summed E-state index contributed by atoms with van der Waals surface area (Å²) in [4.78, 5) is 14.9. The van der Waals surface area contributed by atoms with E-state index in [4.69, 9.17) is 4.74 Å². The van der Waals surface area contributed by atoms with E-state index >= 15 is 0 Å². The van der Waals surface area contributed by atoms with Crippen LogP contribution in [0.1, 0.15) is 95.1 Å². The lowest BCUT2D eigenvalue weighted by Crippen LogP contribution is -1.96. The van der Waals surface area contributed by atoms with Gasteiger partial charge in [-0.25, -0.2) is 0 Å². The van der Waals surface area contributed by atoms with Gasteiger partial charge in [-0.1, -0.05) is 77.6 Å². The Labute approximate surface area is 199 Å². The molecule has 0 radical (unpaired) electrons. The molecule has 0 aromatic heterocycles. The Hall–Kier alpha value is -2.69.